The van der Waals surface area contributed by atoms with Crippen molar-refractivity contribution < 1.29 is 4.79 Å². The van der Waals surface area contributed by atoms with E-state index >= 15 is 0 Å². The molecule has 0 aliphatic rings. The minimum absolute atomic E-state index is 0.546. The summed E-state index contributed by atoms with van der Waals surface area (Å²) < 4.78 is 1.05. The van der Waals surface area contributed by atoms with Gasteiger partial charge in [0.1, 0.15) is 0 Å². The molecular weight excluding hydrogens is 325 g/mol. The molecule has 0 unspecified atom stereocenters. The molecule has 85 valence electrons. The first kappa shape index (κ1) is 12.1. The fraction of sp³-hybridized carbons (Fsp3) is 0.0714. The molecule has 17 heavy (non-hydrogen) atoms. The summed E-state index contributed by atoms with van der Waals surface area (Å²) in [7, 11) is 0. The molecule has 3 heteroatoms. The van der Waals surface area contributed by atoms with Crippen LogP contribution >= 0.6 is 22.6 Å². The van der Waals surface area contributed by atoms with Crippen LogP contribution in [0.3, 0.4) is 0 Å². The lowest BCUT2D eigenvalue weighted by atomic mass is 10.2. The Kier molecular flexibility index (Phi) is 4.14. The number of nitrogens with zero attached hydrogens (tertiary/aromatic N) is 1. The second-order valence-corrected chi connectivity index (χ2v) is 4.78. The summed E-state index contributed by atoms with van der Waals surface area (Å²) in [5.41, 5.74) is 1.99. The number of hydrogen-bond acceptors (Lipinski definition) is 1. The Morgan fingerprint density at radius 2 is 1.65 bits per heavy atom. The molecule has 0 atom stereocenters. The Morgan fingerprint density at radius 1 is 1.00 bits per heavy atom. The van der Waals surface area contributed by atoms with E-state index in [1.165, 1.54) is 0 Å². The molecule has 0 aliphatic heterocycles. The van der Waals surface area contributed by atoms with Gasteiger partial charge < -0.3 is 0 Å². The highest BCUT2D eigenvalue weighted by atomic mass is 127. The zero-order valence-electron chi connectivity index (χ0n) is 9.14. The van der Waals surface area contributed by atoms with Gasteiger partial charge in [-0.1, -0.05) is 42.5 Å². The van der Waals surface area contributed by atoms with Gasteiger partial charge in [-0.15, -0.1) is 0 Å². The van der Waals surface area contributed by atoms with E-state index < -0.39 is 0 Å². The van der Waals surface area contributed by atoms with Gasteiger partial charge in [0.2, 0.25) is 0 Å². The maximum absolute atomic E-state index is 11.1. The summed E-state index contributed by atoms with van der Waals surface area (Å²) in [4.78, 5) is 12.7. The second-order valence-electron chi connectivity index (χ2n) is 3.61. The van der Waals surface area contributed by atoms with Gasteiger partial charge in [0.15, 0.2) is 0 Å². The van der Waals surface area contributed by atoms with Crippen molar-refractivity contribution in [3.8, 4) is 0 Å². The molecule has 2 nitrogen and oxygen atoms in total. The number of hydrogen-bond donors (Lipinski definition) is 0. The lowest BCUT2D eigenvalue weighted by Gasteiger charge is -2.17. The third-order valence-corrected chi connectivity index (χ3v) is 3.35. The number of para-hydroxylation sites is 1. The minimum Gasteiger partial charge on any atom is -0.299 e. The second kappa shape index (κ2) is 5.82. The number of carbonyl (C=O) groups excluding carboxylic acids is 1. The molecule has 1 radical (unpaired) electrons. The van der Waals surface area contributed by atoms with E-state index in [1.54, 1.807) is 4.90 Å². The fourth-order valence-electron chi connectivity index (χ4n) is 1.60. The first-order valence-corrected chi connectivity index (χ1v) is 6.33. The van der Waals surface area contributed by atoms with Crippen LogP contribution in [0, 0.1) is 3.57 Å². The van der Waals surface area contributed by atoms with Crippen molar-refractivity contribution in [1.82, 2.24) is 0 Å². The van der Waals surface area contributed by atoms with Gasteiger partial charge in [-0.2, -0.15) is 0 Å². The number of anilines is 1. The molecule has 2 rings (SSSR count). The third-order valence-electron chi connectivity index (χ3n) is 2.44. The van der Waals surface area contributed by atoms with Gasteiger partial charge in [-0.25, -0.2) is 0 Å². The first-order chi connectivity index (χ1) is 8.31. The molecule has 0 spiro atoms. The summed E-state index contributed by atoms with van der Waals surface area (Å²) in [5, 5.41) is 0. The quantitative estimate of drug-likeness (QED) is 0.619. The zero-order chi connectivity index (χ0) is 12.1. The highest BCUT2D eigenvalue weighted by Crippen LogP contribution is 2.22. The molecule has 2 aromatic carbocycles. The predicted molar refractivity (Wildman–Crippen MR) is 77.5 cm³/mol. The molecule has 0 aliphatic carbocycles. The smallest absolute Gasteiger partial charge is 0.299 e. The zero-order valence-corrected chi connectivity index (χ0v) is 11.3. The Labute approximate surface area is 114 Å². The maximum atomic E-state index is 11.1. The van der Waals surface area contributed by atoms with Crippen LogP contribution < -0.4 is 4.90 Å². The normalized spacial score (nSPS) is 9.94. The standard InChI is InChI=1S/C14H11INO/c15-13-8-4-5-9-14(13)16(11-17)10-12-6-2-1-3-7-12/h1-9H,10H2. The van der Waals surface area contributed by atoms with E-state index in [9.17, 15) is 4.79 Å². The molecular formula is C14H11INO. The van der Waals surface area contributed by atoms with Crippen molar-refractivity contribution in [3.63, 3.8) is 0 Å². The molecule has 0 saturated carbocycles. The van der Waals surface area contributed by atoms with Gasteiger partial charge >= 0.3 is 6.41 Å². The van der Waals surface area contributed by atoms with Crippen LogP contribution in [-0.2, 0) is 11.3 Å². The summed E-state index contributed by atoms with van der Waals surface area (Å²) in [5.74, 6) is 0. The van der Waals surface area contributed by atoms with E-state index in [0.29, 0.717) is 6.54 Å². The summed E-state index contributed by atoms with van der Waals surface area (Å²) in [6, 6.07) is 17.7. The van der Waals surface area contributed by atoms with Crippen LogP contribution in [0.25, 0.3) is 0 Å². The van der Waals surface area contributed by atoms with E-state index in [0.717, 1.165) is 14.8 Å². The van der Waals surface area contributed by atoms with Gasteiger partial charge in [0.05, 0.1) is 12.2 Å². The van der Waals surface area contributed by atoms with Crippen molar-refractivity contribution in [1.29, 1.82) is 0 Å². The van der Waals surface area contributed by atoms with E-state index in [1.807, 2.05) is 61.0 Å². The lowest BCUT2D eigenvalue weighted by molar-refractivity contribution is 0.550. The molecule has 0 heterocycles. The van der Waals surface area contributed by atoms with Gasteiger partial charge in [0, 0.05) is 3.57 Å². The molecule has 0 saturated heterocycles. The Bertz CT molecular complexity index is 499. The highest BCUT2D eigenvalue weighted by Gasteiger charge is 2.09. The lowest BCUT2D eigenvalue weighted by Crippen LogP contribution is -2.21. The van der Waals surface area contributed by atoms with Gasteiger partial charge in [0.25, 0.3) is 0 Å². The Morgan fingerprint density at radius 3 is 2.29 bits per heavy atom. The predicted octanol–water partition coefficient (Wildman–Crippen LogP) is 3.37. The third kappa shape index (κ3) is 3.06. The molecule has 1 amide bonds. The minimum atomic E-state index is 0.546. The number of halogens is 1. The van der Waals surface area contributed by atoms with Crippen molar-refractivity contribution in [2.75, 3.05) is 4.90 Å². The van der Waals surface area contributed by atoms with Crippen LogP contribution in [0.4, 0.5) is 5.69 Å². The average molecular weight is 336 g/mol. The monoisotopic (exact) mass is 336 g/mol. The van der Waals surface area contributed by atoms with Crippen molar-refractivity contribution in [3.05, 3.63) is 63.7 Å². The molecule has 0 bridgehead atoms. The van der Waals surface area contributed by atoms with Crippen molar-refractivity contribution >= 4 is 34.7 Å². The highest BCUT2D eigenvalue weighted by molar-refractivity contribution is 14.1. The topological polar surface area (TPSA) is 20.3 Å². The van der Waals surface area contributed by atoms with Crippen molar-refractivity contribution in [2.45, 2.75) is 6.54 Å². The first-order valence-electron chi connectivity index (χ1n) is 5.25. The molecule has 2 aromatic rings. The summed E-state index contributed by atoms with van der Waals surface area (Å²) in [6.07, 6.45) is 1.99. The average Bonchev–Trinajstić information content (AvgIpc) is 2.38. The maximum Gasteiger partial charge on any atom is 0.317 e. The molecule has 0 fully saturated rings. The van der Waals surface area contributed by atoms with E-state index in [4.69, 9.17) is 0 Å². The number of rotatable bonds is 4. The summed E-state index contributed by atoms with van der Waals surface area (Å²) in [6.45, 7) is 0.546. The van der Waals surface area contributed by atoms with Gasteiger partial charge in [-0.05, 0) is 40.3 Å². The fourth-order valence-corrected chi connectivity index (χ4v) is 2.28. The number of benzene rings is 2. The SMILES string of the molecule is O=[C]N(Cc1ccccc1)c1ccccc1I. The van der Waals surface area contributed by atoms with E-state index in [2.05, 4.69) is 22.6 Å². The van der Waals surface area contributed by atoms with Crippen molar-refractivity contribution in [2.24, 2.45) is 0 Å². The van der Waals surface area contributed by atoms with E-state index in [-0.39, 0.29) is 0 Å². The largest absolute Gasteiger partial charge is 0.317 e. The van der Waals surface area contributed by atoms with Crippen LogP contribution in [0.1, 0.15) is 5.56 Å². The Balaban J connectivity index is 2.24. The van der Waals surface area contributed by atoms with Gasteiger partial charge in [-0.3, -0.25) is 9.69 Å². The van der Waals surface area contributed by atoms with Crippen LogP contribution in [-0.4, -0.2) is 6.41 Å². The van der Waals surface area contributed by atoms with Crippen LogP contribution in [0.5, 0.6) is 0 Å². The summed E-state index contributed by atoms with van der Waals surface area (Å²) >= 11 is 2.22. The number of amides is 1. The van der Waals surface area contributed by atoms with Crippen LogP contribution in [0.2, 0.25) is 0 Å². The van der Waals surface area contributed by atoms with Crippen LogP contribution in [0.15, 0.2) is 54.6 Å². The molecule has 0 N–H and O–H groups in total. The molecule has 0 aromatic heterocycles. The Hall–Kier alpha value is -1.36.